The third kappa shape index (κ3) is 8.58. The second-order valence-corrected chi connectivity index (χ2v) is 12.3. The fourth-order valence-corrected chi connectivity index (χ4v) is 5.44. The summed E-state index contributed by atoms with van der Waals surface area (Å²) in [5.74, 6) is -0.191. The Hall–Kier alpha value is -3.85. The van der Waals surface area contributed by atoms with Crippen LogP contribution in [0.1, 0.15) is 36.1 Å². The lowest BCUT2D eigenvalue weighted by molar-refractivity contribution is -0.140. The highest BCUT2D eigenvalue weighted by atomic mass is 32.2. The van der Waals surface area contributed by atoms with Crippen LogP contribution < -0.4 is 14.4 Å². The monoisotopic (exact) mass is 565 g/mol. The summed E-state index contributed by atoms with van der Waals surface area (Å²) in [5.41, 5.74) is 3.79. The van der Waals surface area contributed by atoms with E-state index in [0.717, 1.165) is 32.8 Å². The van der Waals surface area contributed by atoms with E-state index in [4.69, 9.17) is 4.74 Å². The molecule has 3 aromatic rings. The fourth-order valence-electron chi connectivity index (χ4n) is 4.61. The highest BCUT2D eigenvalue weighted by Crippen LogP contribution is 2.23. The van der Waals surface area contributed by atoms with Gasteiger partial charge in [0.25, 0.3) is 0 Å². The minimum Gasteiger partial charge on any atom is -0.497 e. The lowest BCUT2D eigenvalue weighted by Crippen LogP contribution is -2.54. The van der Waals surface area contributed by atoms with Gasteiger partial charge in [-0.25, -0.2) is 8.42 Å². The molecule has 0 radical (unpaired) electrons. The van der Waals surface area contributed by atoms with Crippen LogP contribution >= 0.6 is 0 Å². The van der Waals surface area contributed by atoms with Crippen LogP contribution in [0.15, 0.2) is 72.8 Å². The Morgan fingerprint density at radius 2 is 1.52 bits per heavy atom. The van der Waals surface area contributed by atoms with Gasteiger partial charge in [0, 0.05) is 19.0 Å². The maximum atomic E-state index is 14.1. The molecule has 0 aliphatic rings. The van der Waals surface area contributed by atoms with Gasteiger partial charge in [0.1, 0.15) is 18.3 Å². The first kappa shape index (κ1) is 30.7. The largest absolute Gasteiger partial charge is 0.497 e. The average molecular weight is 566 g/mol. The van der Waals surface area contributed by atoms with Gasteiger partial charge in [-0.3, -0.25) is 13.9 Å². The van der Waals surface area contributed by atoms with Gasteiger partial charge >= 0.3 is 0 Å². The van der Waals surface area contributed by atoms with Gasteiger partial charge in [0.15, 0.2) is 0 Å². The summed E-state index contributed by atoms with van der Waals surface area (Å²) >= 11 is 0. The molecule has 3 rings (SSSR count). The van der Waals surface area contributed by atoms with Crippen LogP contribution in [0.3, 0.4) is 0 Å². The number of sulfonamides is 1. The molecule has 1 atom stereocenters. The molecule has 8 nitrogen and oxygen atoms in total. The third-order valence-corrected chi connectivity index (χ3v) is 7.50. The molecule has 0 heterocycles. The molecule has 9 heteroatoms. The normalized spacial score (nSPS) is 12.1. The van der Waals surface area contributed by atoms with Crippen molar-refractivity contribution in [1.29, 1.82) is 0 Å². The van der Waals surface area contributed by atoms with Crippen LogP contribution in [0.5, 0.6) is 5.75 Å². The Balaban J connectivity index is 2.09. The molecule has 40 heavy (non-hydrogen) atoms. The quantitative estimate of drug-likeness (QED) is 0.354. The van der Waals surface area contributed by atoms with E-state index < -0.39 is 28.5 Å². The fraction of sp³-hybridized carbons (Fsp3) is 0.355. The van der Waals surface area contributed by atoms with Crippen molar-refractivity contribution in [2.24, 2.45) is 0 Å². The number of nitrogens with zero attached hydrogens (tertiary/aromatic N) is 2. The Labute approximate surface area is 238 Å². The van der Waals surface area contributed by atoms with Crippen molar-refractivity contribution in [2.75, 3.05) is 24.2 Å². The van der Waals surface area contributed by atoms with Crippen LogP contribution in [-0.2, 0) is 32.6 Å². The van der Waals surface area contributed by atoms with Crippen LogP contribution in [0.25, 0.3) is 0 Å². The van der Waals surface area contributed by atoms with E-state index in [1.807, 2.05) is 76.2 Å². The number of carbonyl (C=O) groups excluding carboxylic acids is 2. The first-order chi connectivity index (χ1) is 18.9. The zero-order valence-corrected chi connectivity index (χ0v) is 24.9. The van der Waals surface area contributed by atoms with Crippen molar-refractivity contribution in [3.05, 3.63) is 95.1 Å². The standard InChI is InChI=1S/C31H39N3O5S/c1-22(2)32-31(36)29(19-25-11-8-7-9-12-25)33(20-26-13-10-14-28(18-26)39-5)30(35)21-34(40(6,37)38)27-16-23(3)15-24(4)17-27/h7-18,22,29H,19-21H2,1-6H3,(H,32,36). The summed E-state index contributed by atoms with van der Waals surface area (Å²) in [4.78, 5) is 29.2. The summed E-state index contributed by atoms with van der Waals surface area (Å²) in [7, 11) is -2.26. The predicted octanol–water partition coefficient (Wildman–Crippen LogP) is 4.24. The van der Waals surface area contributed by atoms with E-state index in [-0.39, 0.29) is 24.9 Å². The van der Waals surface area contributed by atoms with E-state index in [2.05, 4.69) is 5.32 Å². The Bertz CT molecular complexity index is 1400. The molecule has 0 saturated heterocycles. The first-order valence-electron chi connectivity index (χ1n) is 13.2. The summed E-state index contributed by atoms with van der Waals surface area (Å²) in [6, 6.07) is 21.1. The maximum absolute atomic E-state index is 14.1. The van der Waals surface area contributed by atoms with Crippen LogP contribution in [0.4, 0.5) is 5.69 Å². The van der Waals surface area contributed by atoms with Gasteiger partial charge in [0.2, 0.25) is 21.8 Å². The number of anilines is 1. The second-order valence-electron chi connectivity index (χ2n) is 10.4. The molecule has 0 aliphatic carbocycles. The third-order valence-electron chi connectivity index (χ3n) is 6.36. The van der Waals surface area contributed by atoms with E-state index in [0.29, 0.717) is 11.4 Å². The Morgan fingerprint density at radius 1 is 0.900 bits per heavy atom. The van der Waals surface area contributed by atoms with Crippen molar-refractivity contribution in [2.45, 2.75) is 52.7 Å². The molecule has 0 aromatic heterocycles. The summed E-state index contributed by atoms with van der Waals surface area (Å²) in [5, 5.41) is 2.95. The second kappa shape index (κ2) is 13.5. The van der Waals surface area contributed by atoms with Gasteiger partial charge in [-0.15, -0.1) is 0 Å². The highest BCUT2D eigenvalue weighted by Gasteiger charge is 2.33. The number of hydrogen-bond donors (Lipinski definition) is 1. The first-order valence-corrected chi connectivity index (χ1v) is 15.0. The molecule has 214 valence electrons. The lowest BCUT2D eigenvalue weighted by atomic mass is 10.0. The van der Waals surface area contributed by atoms with Gasteiger partial charge in [-0.2, -0.15) is 0 Å². The van der Waals surface area contributed by atoms with Crippen LogP contribution in [-0.4, -0.2) is 57.1 Å². The van der Waals surface area contributed by atoms with Crippen molar-refractivity contribution in [3.63, 3.8) is 0 Å². The molecule has 0 saturated carbocycles. The number of ether oxygens (including phenoxy) is 1. The van der Waals surface area contributed by atoms with Gasteiger partial charge in [-0.1, -0.05) is 48.5 Å². The Kier molecular flexibility index (Phi) is 10.3. The van der Waals surface area contributed by atoms with E-state index in [1.165, 1.54) is 4.90 Å². The molecule has 2 amide bonds. The zero-order chi connectivity index (χ0) is 29.4. The summed E-state index contributed by atoms with van der Waals surface area (Å²) in [6.45, 7) is 7.10. The number of nitrogens with one attached hydrogen (secondary N) is 1. The number of carbonyl (C=O) groups is 2. The molecular weight excluding hydrogens is 526 g/mol. The van der Waals surface area contributed by atoms with Crippen molar-refractivity contribution in [1.82, 2.24) is 10.2 Å². The number of methoxy groups -OCH3 is 1. The summed E-state index contributed by atoms with van der Waals surface area (Å²) < 4.78 is 32.4. The average Bonchev–Trinajstić information content (AvgIpc) is 2.88. The molecule has 1 unspecified atom stereocenters. The van der Waals surface area contributed by atoms with E-state index in [9.17, 15) is 18.0 Å². The molecule has 0 aliphatic heterocycles. The topological polar surface area (TPSA) is 96.0 Å². The van der Waals surface area contributed by atoms with E-state index in [1.54, 1.807) is 31.4 Å². The zero-order valence-electron chi connectivity index (χ0n) is 24.0. The highest BCUT2D eigenvalue weighted by molar-refractivity contribution is 7.92. The van der Waals surface area contributed by atoms with Gasteiger partial charge in [0.05, 0.1) is 19.1 Å². The van der Waals surface area contributed by atoms with Crippen molar-refractivity contribution >= 4 is 27.5 Å². The molecule has 3 aromatic carbocycles. The number of aryl methyl sites for hydroxylation is 2. The smallest absolute Gasteiger partial charge is 0.244 e. The molecule has 0 spiro atoms. The van der Waals surface area contributed by atoms with Crippen LogP contribution in [0, 0.1) is 13.8 Å². The number of rotatable bonds is 12. The van der Waals surface area contributed by atoms with Crippen molar-refractivity contribution < 1.29 is 22.7 Å². The lowest BCUT2D eigenvalue weighted by Gasteiger charge is -2.34. The van der Waals surface area contributed by atoms with Gasteiger partial charge in [-0.05, 0) is 74.2 Å². The predicted molar refractivity (Wildman–Crippen MR) is 159 cm³/mol. The molecule has 0 fully saturated rings. The number of amides is 2. The van der Waals surface area contributed by atoms with E-state index >= 15 is 0 Å². The molecule has 0 bridgehead atoms. The van der Waals surface area contributed by atoms with Gasteiger partial charge < -0.3 is 15.0 Å². The minimum atomic E-state index is -3.82. The maximum Gasteiger partial charge on any atom is 0.244 e. The summed E-state index contributed by atoms with van der Waals surface area (Å²) in [6.07, 6.45) is 1.34. The van der Waals surface area contributed by atoms with Crippen molar-refractivity contribution in [3.8, 4) is 5.75 Å². The number of hydrogen-bond acceptors (Lipinski definition) is 5. The SMILES string of the molecule is COc1cccc(CN(C(=O)CN(c2cc(C)cc(C)c2)S(C)(=O)=O)C(Cc2ccccc2)C(=O)NC(C)C)c1. The Morgan fingerprint density at radius 3 is 2.10 bits per heavy atom. The van der Waals surface area contributed by atoms with Crippen LogP contribution in [0.2, 0.25) is 0 Å². The molecular formula is C31H39N3O5S. The minimum absolute atomic E-state index is 0.0868. The number of benzene rings is 3. The molecule has 1 N–H and O–H groups in total.